The minimum absolute atomic E-state index is 0.144. The van der Waals surface area contributed by atoms with Crippen LogP contribution in [0.4, 0.5) is 8.78 Å². The first-order valence-corrected chi connectivity index (χ1v) is 8.78. The summed E-state index contributed by atoms with van der Waals surface area (Å²) >= 11 is 7.87. The number of benzene rings is 1. The second-order valence-electron chi connectivity index (χ2n) is 5.25. The lowest BCUT2D eigenvalue weighted by Gasteiger charge is -2.23. The fourth-order valence-electron chi connectivity index (χ4n) is 3.23. The van der Waals surface area contributed by atoms with Gasteiger partial charge in [-0.1, -0.05) is 13.3 Å². The Balaban J connectivity index is 2.18. The molecule has 1 aromatic carbocycles. The molecule has 1 fully saturated rings. The van der Waals surface area contributed by atoms with Gasteiger partial charge in [-0.3, -0.25) is 0 Å². The minimum Gasteiger partial charge on any atom is -0.320 e. The van der Waals surface area contributed by atoms with Gasteiger partial charge >= 0.3 is 0 Å². The molecular weight excluding hydrogens is 314 g/mol. The van der Waals surface area contributed by atoms with Crippen LogP contribution in [0.5, 0.6) is 0 Å². The molecule has 1 heterocycles. The predicted octanol–water partition coefficient (Wildman–Crippen LogP) is 4.90. The second-order valence-corrected chi connectivity index (χ2v) is 7.04. The molecule has 114 valence electrons. The molecule has 0 aliphatic heterocycles. The van der Waals surface area contributed by atoms with Crippen LogP contribution in [0, 0.1) is 11.6 Å². The van der Waals surface area contributed by atoms with Crippen LogP contribution >= 0.6 is 23.4 Å². The molecule has 2 nitrogen and oxygen atoms in total. The minimum atomic E-state index is -0.831. The number of nitrogens with zero attached hydrogens (tertiary/aromatic N) is 2. The number of rotatable bonds is 4. The van der Waals surface area contributed by atoms with Crippen LogP contribution in [-0.2, 0) is 5.88 Å². The van der Waals surface area contributed by atoms with Crippen LogP contribution in [0.2, 0.25) is 0 Å². The van der Waals surface area contributed by atoms with Crippen LogP contribution in [0.25, 0.3) is 11.0 Å². The summed E-state index contributed by atoms with van der Waals surface area (Å²) in [6.45, 7) is 2.12. The summed E-state index contributed by atoms with van der Waals surface area (Å²) in [6, 6.07) is 2.79. The van der Waals surface area contributed by atoms with E-state index in [-0.39, 0.29) is 17.4 Å². The zero-order valence-electron chi connectivity index (χ0n) is 11.8. The maximum atomic E-state index is 14.3. The van der Waals surface area contributed by atoms with E-state index in [4.69, 9.17) is 11.6 Å². The molecule has 0 bridgehead atoms. The van der Waals surface area contributed by atoms with Gasteiger partial charge in [0, 0.05) is 11.3 Å². The molecule has 0 saturated heterocycles. The molecule has 3 rings (SSSR count). The first-order valence-electron chi connectivity index (χ1n) is 7.19. The normalized spacial score (nSPS) is 22.3. The van der Waals surface area contributed by atoms with Crippen molar-refractivity contribution in [3.63, 3.8) is 0 Å². The zero-order valence-corrected chi connectivity index (χ0v) is 13.4. The first kappa shape index (κ1) is 15.1. The van der Waals surface area contributed by atoms with E-state index in [0.717, 1.165) is 31.1 Å². The highest BCUT2D eigenvalue weighted by molar-refractivity contribution is 7.99. The third-order valence-electron chi connectivity index (χ3n) is 4.07. The lowest BCUT2D eigenvalue weighted by atomic mass is 10.2. The number of aromatic nitrogens is 2. The summed E-state index contributed by atoms with van der Waals surface area (Å²) in [5.41, 5.74) is 0.746. The van der Waals surface area contributed by atoms with Gasteiger partial charge < -0.3 is 4.57 Å². The Morgan fingerprint density at radius 1 is 1.38 bits per heavy atom. The molecule has 2 atom stereocenters. The van der Waals surface area contributed by atoms with Crippen molar-refractivity contribution in [1.82, 2.24) is 9.55 Å². The SMILES string of the molecule is CCSC1CCCC1n1c(CCl)nc2ccc(F)c(F)c21. The Morgan fingerprint density at radius 3 is 2.90 bits per heavy atom. The van der Waals surface area contributed by atoms with Crippen LogP contribution in [0.15, 0.2) is 12.1 Å². The Morgan fingerprint density at radius 2 is 2.19 bits per heavy atom. The maximum Gasteiger partial charge on any atom is 0.184 e. The van der Waals surface area contributed by atoms with Gasteiger partial charge in [0.05, 0.1) is 11.4 Å². The molecule has 2 aromatic rings. The molecule has 0 N–H and O–H groups in total. The van der Waals surface area contributed by atoms with Crippen LogP contribution in [0.1, 0.15) is 38.1 Å². The van der Waals surface area contributed by atoms with E-state index in [0.29, 0.717) is 16.6 Å². The van der Waals surface area contributed by atoms with Crippen molar-refractivity contribution in [2.45, 2.75) is 43.4 Å². The Bertz CT molecular complexity index is 659. The number of fused-ring (bicyclic) bond motifs is 1. The van der Waals surface area contributed by atoms with E-state index in [1.807, 2.05) is 16.3 Å². The fraction of sp³-hybridized carbons (Fsp3) is 0.533. The topological polar surface area (TPSA) is 17.8 Å². The fourth-order valence-corrected chi connectivity index (χ4v) is 4.66. The van der Waals surface area contributed by atoms with Crippen molar-refractivity contribution < 1.29 is 8.78 Å². The van der Waals surface area contributed by atoms with Gasteiger partial charge in [0.2, 0.25) is 0 Å². The van der Waals surface area contributed by atoms with Gasteiger partial charge in [-0.2, -0.15) is 11.8 Å². The van der Waals surface area contributed by atoms with Crippen LogP contribution in [-0.4, -0.2) is 20.6 Å². The van der Waals surface area contributed by atoms with E-state index in [2.05, 4.69) is 11.9 Å². The number of thioether (sulfide) groups is 1. The van der Waals surface area contributed by atoms with Gasteiger partial charge in [0.25, 0.3) is 0 Å². The largest absolute Gasteiger partial charge is 0.320 e. The average Bonchev–Trinajstić information content (AvgIpc) is 3.07. The number of imidazole rings is 1. The Labute approximate surface area is 131 Å². The van der Waals surface area contributed by atoms with E-state index in [1.54, 1.807) is 0 Å². The molecule has 0 radical (unpaired) electrons. The Kier molecular flexibility index (Phi) is 4.41. The van der Waals surface area contributed by atoms with E-state index >= 15 is 0 Å². The predicted molar refractivity (Wildman–Crippen MR) is 84.0 cm³/mol. The summed E-state index contributed by atoms with van der Waals surface area (Å²) in [5.74, 6) is 0.201. The average molecular weight is 331 g/mol. The van der Waals surface area contributed by atoms with E-state index < -0.39 is 11.6 Å². The van der Waals surface area contributed by atoms with Crippen molar-refractivity contribution in [2.24, 2.45) is 0 Å². The second kappa shape index (κ2) is 6.13. The van der Waals surface area contributed by atoms with Gasteiger partial charge in [-0.05, 0) is 30.7 Å². The van der Waals surface area contributed by atoms with Crippen LogP contribution in [0.3, 0.4) is 0 Å². The molecule has 1 aromatic heterocycles. The van der Waals surface area contributed by atoms with Crippen molar-refractivity contribution in [3.8, 4) is 0 Å². The summed E-state index contributed by atoms with van der Waals surface area (Å²) in [6.07, 6.45) is 3.16. The maximum absolute atomic E-state index is 14.3. The van der Waals surface area contributed by atoms with Gasteiger partial charge in [-0.15, -0.1) is 11.6 Å². The van der Waals surface area contributed by atoms with Gasteiger partial charge in [-0.25, -0.2) is 13.8 Å². The first-order chi connectivity index (χ1) is 10.2. The van der Waals surface area contributed by atoms with E-state index in [9.17, 15) is 8.78 Å². The lowest BCUT2D eigenvalue weighted by molar-refractivity contribution is 0.490. The third-order valence-corrected chi connectivity index (χ3v) is 5.62. The van der Waals surface area contributed by atoms with Gasteiger partial charge in [0.1, 0.15) is 11.3 Å². The molecule has 2 unspecified atom stereocenters. The Hall–Kier alpha value is -0.810. The molecule has 21 heavy (non-hydrogen) atoms. The van der Waals surface area contributed by atoms with Crippen molar-refractivity contribution >= 4 is 34.4 Å². The van der Waals surface area contributed by atoms with Crippen molar-refractivity contribution in [1.29, 1.82) is 0 Å². The highest BCUT2D eigenvalue weighted by atomic mass is 35.5. The molecule has 1 aliphatic carbocycles. The monoisotopic (exact) mass is 330 g/mol. The summed E-state index contributed by atoms with van der Waals surface area (Å²) in [7, 11) is 0. The molecule has 1 saturated carbocycles. The molecule has 1 aliphatic rings. The standard InChI is InChI=1S/C15H17ClF2N2S/c1-2-21-12-5-3-4-11(12)20-13(8-16)19-10-7-6-9(17)14(18)15(10)20/h6-7,11-12H,2-5,8H2,1H3. The number of alkyl halides is 1. The smallest absolute Gasteiger partial charge is 0.184 e. The number of hydrogen-bond acceptors (Lipinski definition) is 2. The van der Waals surface area contributed by atoms with Crippen molar-refractivity contribution in [3.05, 3.63) is 29.6 Å². The van der Waals surface area contributed by atoms with Gasteiger partial charge in [0.15, 0.2) is 11.6 Å². The van der Waals surface area contributed by atoms with Crippen molar-refractivity contribution in [2.75, 3.05) is 5.75 Å². The highest BCUT2D eigenvalue weighted by Crippen LogP contribution is 2.41. The summed E-state index contributed by atoms with van der Waals surface area (Å²) in [5, 5.41) is 0.414. The summed E-state index contributed by atoms with van der Waals surface area (Å²) < 4.78 is 29.8. The van der Waals surface area contributed by atoms with Crippen LogP contribution < -0.4 is 0 Å². The number of hydrogen-bond donors (Lipinski definition) is 0. The molecular formula is C15H17ClF2N2S. The summed E-state index contributed by atoms with van der Waals surface area (Å²) in [4.78, 5) is 4.39. The molecule has 0 spiro atoms. The lowest BCUT2D eigenvalue weighted by Crippen LogP contribution is -2.19. The third kappa shape index (κ3) is 2.55. The number of halogens is 3. The van der Waals surface area contributed by atoms with E-state index in [1.165, 1.54) is 6.07 Å². The molecule has 6 heteroatoms. The quantitative estimate of drug-likeness (QED) is 0.742. The highest BCUT2D eigenvalue weighted by Gasteiger charge is 2.32. The molecule has 0 amide bonds. The zero-order chi connectivity index (χ0) is 15.0.